The van der Waals surface area contributed by atoms with E-state index in [0.29, 0.717) is 12.5 Å². The Hall–Kier alpha value is -1.27. The first-order chi connectivity index (χ1) is 11.7. The summed E-state index contributed by atoms with van der Waals surface area (Å²) in [6, 6.07) is 6.44. The van der Waals surface area contributed by atoms with E-state index in [9.17, 15) is 4.79 Å². The molecule has 0 aromatic carbocycles. The van der Waals surface area contributed by atoms with E-state index in [-0.39, 0.29) is 5.91 Å². The lowest BCUT2D eigenvalue weighted by Gasteiger charge is -2.35. The molecule has 6 heteroatoms. The molecule has 0 bridgehead atoms. The van der Waals surface area contributed by atoms with Gasteiger partial charge in [-0.25, -0.2) is 4.98 Å². The van der Waals surface area contributed by atoms with Crippen LogP contribution in [0.1, 0.15) is 25.7 Å². The number of thioether (sulfide) groups is 1. The molecule has 1 aromatic rings. The summed E-state index contributed by atoms with van der Waals surface area (Å²) in [6.07, 6.45) is 8.14. The van der Waals surface area contributed by atoms with Gasteiger partial charge >= 0.3 is 0 Å². The summed E-state index contributed by atoms with van der Waals surface area (Å²) in [5, 5.41) is 3.95. The number of piperazine rings is 1. The topological polar surface area (TPSA) is 48.5 Å². The first-order valence-corrected chi connectivity index (χ1v) is 10.2. The zero-order chi connectivity index (χ0) is 16.8. The molecule has 3 rings (SSSR count). The van der Waals surface area contributed by atoms with Gasteiger partial charge in [-0.15, -0.1) is 0 Å². The Kier molecular flexibility index (Phi) is 6.37. The molecule has 1 aliphatic carbocycles. The summed E-state index contributed by atoms with van der Waals surface area (Å²) < 4.78 is 0. The molecule has 2 heterocycles. The molecule has 1 amide bonds. The van der Waals surface area contributed by atoms with E-state index < -0.39 is 0 Å². The molecule has 5 nitrogen and oxygen atoms in total. The van der Waals surface area contributed by atoms with Gasteiger partial charge in [0.05, 0.1) is 0 Å². The van der Waals surface area contributed by atoms with Crippen LogP contribution >= 0.6 is 11.8 Å². The zero-order valence-electron chi connectivity index (χ0n) is 14.5. The van der Waals surface area contributed by atoms with E-state index in [1.54, 1.807) is 0 Å². The predicted molar refractivity (Wildman–Crippen MR) is 101 cm³/mol. The number of nitrogens with one attached hydrogen (secondary N) is 1. The number of aromatic nitrogens is 1. The van der Waals surface area contributed by atoms with Crippen LogP contribution in [0.4, 0.5) is 5.82 Å². The van der Waals surface area contributed by atoms with Gasteiger partial charge in [-0.05, 0) is 37.7 Å². The number of amides is 1. The second-order valence-corrected chi connectivity index (χ2v) is 7.84. The monoisotopic (exact) mass is 348 g/mol. The summed E-state index contributed by atoms with van der Waals surface area (Å²) >= 11 is 1.93. The van der Waals surface area contributed by atoms with E-state index in [0.717, 1.165) is 56.6 Å². The lowest BCUT2D eigenvalue weighted by molar-refractivity contribution is -0.122. The van der Waals surface area contributed by atoms with E-state index in [2.05, 4.69) is 32.4 Å². The minimum atomic E-state index is 0.217. The van der Waals surface area contributed by atoms with Crippen molar-refractivity contribution in [1.82, 2.24) is 15.2 Å². The highest BCUT2D eigenvalue weighted by Gasteiger charge is 2.25. The van der Waals surface area contributed by atoms with Crippen molar-refractivity contribution in [3.63, 3.8) is 0 Å². The molecule has 1 saturated heterocycles. The number of rotatable bonds is 6. The number of hydrogen-bond donors (Lipinski definition) is 1. The van der Waals surface area contributed by atoms with Gasteiger partial charge in [0.15, 0.2) is 0 Å². The quantitative estimate of drug-likeness (QED) is 0.852. The van der Waals surface area contributed by atoms with Gasteiger partial charge in [-0.1, -0.05) is 6.07 Å². The van der Waals surface area contributed by atoms with Crippen molar-refractivity contribution in [3.05, 3.63) is 24.4 Å². The molecule has 1 aromatic heterocycles. The van der Waals surface area contributed by atoms with Gasteiger partial charge in [-0.3, -0.25) is 9.69 Å². The molecule has 0 radical (unpaired) electrons. The maximum atomic E-state index is 12.2. The predicted octanol–water partition coefficient (Wildman–Crippen LogP) is 1.99. The maximum Gasteiger partial charge on any atom is 0.221 e. The molecule has 2 atom stereocenters. The summed E-state index contributed by atoms with van der Waals surface area (Å²) in [5.41, 5.74) is 0. The first kappa shape index (κ1) is 17.5. The number of pyridine rings is 1. The number of carbonyl (C=O) groups excluding carboxylic acids is 1. The fraction of sp³-hybridized carbons (Fsp3) is 0.667. The van der Waals surface area contributed by atoms with E-state index in [4.69, 9.17) is 0 Å². The van der Waals surface area contributed by atoms with Crippen molar-refractivity contribution >= 4 is 23.5 Å². The molecule has 2 aliphatic rings. The lowest BCUT2D eigenvalue weighted by atomic mass is 10.2. The smallest absolute Gasteiger partial charge is 0.221 e. The molecule has 0 unspecified atom stereocenters. The fourth-order valence-electron chi connectivity index (χ4n) is 3.59. The Morgan fingerprint density at radius 2 is 2.12 bits per heavy atom. The third kappa shape index (κ3) is 4.86. The molecular formula is C18H28N4OS. The Balaban J connectivity index is 1.34. The van der Waals surface area contributed by atoms with Gasteiger partial charge in [0.25, 0.3) is 0 Å². The van der Waals surface area contributed by atoms with Gasteiger partial charge in [0.1, 0.15) is 5.82 Å². The molecule has 1 aliphatic heterocycles. The minimum Gasteiger partial charge on any atom is -0.354 e. The first-order valence-electron chi connectivity index (χ1n) is 8.95. The average Bonchev–Trinajstić information content (AvgIpc) is 3.09. The summed E-state index contributed by atoms with van der Waals surface area (Å²) in [4.78, 5) is 21.3. The third-order valence-corrected chi connectivity index (χ3v) is 6.18. The Bertz CT molecular complexity index is 519. The van der Waals surface area contributed by atoms with Gasteiger partial charge in [0, 0.05) is 56.6 Å². The number of anilines is 1. The second kappa shape index (κ2) is 8.72. The average molecular weight is 349 g/mol. The molecule has 1 saturated carbocycles. The van der Waals surface area contributed by atoms with E-state index in [1.807, 2.05) is 30.1 Å². The van der Waals surface area contributed by atoms with Gasteiger partial charge < -0.3 is 10.2 Å². The lowest BCUT2D eigenvalue weighted by Crippen LogP contribution is -2.47. The van der Waals surface area contributed by atoms with Crippen LogP contribution in [-0.4, -0.2) is 66.1 Å². The maximum absolute atomic E-state index is 12.2. The third-order valence-electron chi connectivity index (χ3n) is 5.08. The van der Waals surface area contributed by atoms with Crippen LogP contribution in [0.3, 0.4) is 0 Å². The standard InChI is InChI=1S/C18H28N4OS/c1-24-16-6-5-15(14-16)20-18(23)7-9-21-10-12-22(13-11-21)17-4-2-3-8-19-17/h2-4,8,15-16H,5-7,9-14H2,1H3,(H,20,23)/t15-,16-/m1/s1. The van der Waals surface area contributed by atoms with Crippen LogP contribution in [0, 0.1) is 0 Å². The number of carbonyl (C=O) groups is 1. The largest absolute Gasteiger partial charge is 0.354 e. The van der Waals surface area contributed by atoms with Crippen LogP contribution in [-0.2, 0) is 4.79 Å². The molecule has 1 N–H and O–H groups in total. The zero-order valence-corrected chi connectivity index (χ0v) is 15.3. The van der Waals surface area contributed by atoms with Crippen molar-refractivity contribution in [1.29, 1.82) is 0 Å². The summed E-state index contributed by atoms with van der Waals surface area (Å²) in [7, 11) is 0. The highest BCUT2D eigenvalue weighted by molar-refractivity contribution is 7.99. The SMILES string of the molecule is CS[C@@H]1CC[C@@H](NC(=O)CCN2CCN(c3ccccn3)CC2)C1. The van der Waals surface area contributed by atoms with Crippen LogP contribution in [0.15, 0.2) is 24.4 Å². The van der Waals surface area contributed by atoms with E-state index >= 15 is 0 Å². The van der Waals surface area contributed by atoms with Crippen molar-refractivity contribution in [2.45, 2.75) is 37.0 Å². The second-order valence-electron chi connectivity index (χ2n) is 6.70. The highest BCUT2D eigenvalue weighted by Crippen LogP contribution is 2.28. The normalized spacial score (nSPS) is 25.0. The van der Waals surface area contributed by atoms with Crippen LogP contribution < -0.4 is 10.2 Å². The summed E-state index contributed by atoms with van der Waals surface area (Å²) in [6.45, 7) is 4.83. The minimum absolute atomic E-state index is 0.217. The Morgan fingerprint density at radius 3 is 2.79 bits per heavy atom. The van der Waals surface area contributed by atoms with Gasteiger partial charge in [0.2, 0.25) is 5.91 Å². The fourth-order valence-corrected chi connectivity index (χ4v) is 4.38. The molecule has 0 spiro atoms. The molecule has 132 valence electrons. The number of nitrogens with zero attached hydrogens (tertiary/aromatic N) is 3. The van der Waals surface area contributed by atoms with Crippen LogP contribution in [0.2, 0.25) is 0 Å². The highest BCUT2D eigenvalue weighted by atomic mass is 32.2. The molecule has 24 heavy (non-hydrogen) atoms. The van der Waals surface area contributed by atoms with Gasteiger partial charge in [-0.2, -0.15) is 11.8 Å². The molecular weight excluding hydrogens is 320 g/mol. The van der Waals surface area contributed by atoms with Crippen LogP contribution in [0.25, 0.3) is 0 Å². The van der Waals surface area contributed by atoms with Crippen molar-refractivity contribution in [3.8, 4) is 0 Å². The van der Waals surface area contributed by atoms with E-state index in [1.165, 1.54) is 6.42 Å². The Labute approximate surface area is 149 Å². The summed E-state index contributed by atoms with van der Waals surface area (Å²) in [5.74, 6) is 1.27. The van der Waals surface area contributed by atoms with Crippen LogP contribution in [0.5, 0.6) is 0 Å². The Morgan fingerprint density at radius 1 is 1.29 bits per heavy atom. The molecule has 2 fully saturated rings. The van der Waals surface area contributed by atoms with Crippen molar-refractivity contribution in [2.24, 2.45) is 0 Å². The van der Waals surface area contributed by atoms with Crippen molar-refractivity contribution in [2.75, 3.05) is 43.9 Å². The van der Waals surface area contributed by atoms with Crippen molar-refractivity contribution < 1.29 is 4.79 Å². The number of hydrogen-bond acceptors (Lipinski definition) is 5.